The van der Waals surface area contributed by atoms with Crippen molar-refractivity contribution in [1.29, 1.82) is 0 Å². The van der Waals surface area contributed by atoms with Crippen LogP contribution in [0.15, 0.2) is 35.2 Å². The third kappa shape index (κ3) is 3.15. The number of rotatable bonds is 4. The van der Waals surface area contributed by atoms with Crippen molar-refractivity contribution in [2.24, 2.45) is 0 Å². The summed E-state index contributed by atoms with van der Waals surface area (Å²) in [6.45, 7) is 0. The van der Waals surface area contributed by atoms with Crippen molar-refractivity contribution in [3.8, 4) is 0 Å². The monoisotopic (exact) mass is 314 g/mol. The molecule has 0 aliphatic heterocycles. The number of nitrogen functional groups attached to an aromatic ring is 1. The molecule has 0 spiro atoms. The Kier molecular flexibility index (Phi) is 3.88. The van der Waals surface area contributed by atoms with Gasteiger partial charge < -0.3 is 10.2 Å². The number of carbonyl (C=O) groups is 1. The zero-order valence-electron chi connectivity index (χ0n) is 11.1. The van der Waals surface area contributed by atoms with Crippen molar-refractivity contribution in [1.82, 2.24) is 20.2 Å². The molecule has 0 bridgehead atoms. The summed E-state index contributed by atoms with van der Waals surface area (Å²) in [6, 6.07) is 3.60. The fourth-order valence-electron chi connectivity index (χ4n) is 1.57. The summed E-state index contributed by atoms with van der Waals surface area (Å²) in [5, 5.41) is 11.4. The number of nitrogens with one attached hydrogen (secondary N) is 1. The first-order valence-electron chi connectivity index (χ1n) is 6.15. The SMILES string of the molecule is Nc1nccnc1C(=O)Nc1nnc(/C=C/c2ccco2)s1. The molecular weight excluding hydrogens is 304 g/mol. The smallest absolute Gasteiger partial charge is 0.279 e. The van der Waals surface area contributed by atoms with Crippen LogP contribution in [0.5, 0.6) is 0 Å². The average Bonchev–Trinajstić information content (AvgIpc) is 3.17. The van der Waals surface area contributed by atoms with Gasteiger partial charge in [0.05, 0.1) is 6.26 Å². The van der Waals surface area contributed by atoms with Gasteiger partial charge >= 0.3 is 0 Å². The molecule has 110 valence electrons. The first kappa shape index (κ1) is 13.9. The van der Waals surface area contributed by atoms with Gasteiger partial charge in [0, 0.05) is 12.4 Å². The molecule has 0 fully saturated rings. The molecule has 0 aromatic carbocycles. The zero-order valence-corrected chi connectivity index (χ0v) is 11.9. The minimum Gasteiger partial charge on any atom is -0.465 e. The van der Waals surface area contributed by atoms with Crippen molar-refractivity contribution in [3.63, 3.8) is 0 Å². The Morgan fingerprint density at radius 2 is 2.14 bits per heavy atom. The van der Waals surface area contributed by atoms with E-state index < -0.39 is 5.91 Å². The maximum absolute atomic E-state index is 12.0. The molecule has 9 heteroatoms. The van der Waals surface area contributed by atoms with Gasteiger partial charge in [0.1, 0.15) is 10.8 Å². The van der Waals surface area contributed by atoms with Crippen molar-refractivity contribution in [3.05, 3.63) is 47.3 Å². The second-order valence-corrected chi connectivity index (χ2v) is 5.05. The maximum Gasteiger partial charge on any atom is 0.279 e. The summed E-state index contributed by atoms with van der Waals surface area (Å²) < 4.78 is 5.17. The largest absolute Gasteiger partial charge is 0.465 e. The highest BCUT2D eigenvalue weighted by molar-refractivity contribution is 7.16. The van der Waals surface area contributed by atoms with E-state index >= 15 is 0 Å². The highest BCUT2D eigenvalue weighted by atomic mass is 32.1. The Bertz CT molecular complexity index is 812. The molecule has 0 atom stereocenters. The molecule has 0 saturated carbocycles. The van der Waals surface area contributed by atoms with E-state index in [1.54, 1.807) is 24.5 Å². The third-order valence-electron chi connectivity index (χ3n) is 2.54. The summed E-state index contributed by atoms with van der Waals surface area (Å²) in [6.07, 6.45) is 7.88. The molecule has 0 aliphatic carbocycles. The van der Waals surface area contributed by atoms with E-state index in [1.165, 1.54) is 23.7 Å². The molecule has 3 N–H and O–H groups in total. The third-order valence-corrected chi connectivity index (χ3v) is 3.34. The van der Waals surface area contributed by atoms with E-state index in [0.717, 1.165) is 0 Å². The molecular formula is C13H10N6O2S. The number of anilines is 2. The lowest BCUT2D eigenvalue weighted by atomic mass is 10.4. The molecule has 1 amide bonds. The van der Waals surface area contributed by atoms with Gasteiger partial charge in [-0.2, -0.15) is 0 Å². The summed E-state index contributed by atoms with van der Waals surface area (Å²) in [7, 11) is 0. The zero-order chi connectivity index (χ0) is 15.4. The van der Waals surface area contributed by atoms with Crippen LogP contribution in [-0.2, 0) is 0 Å². The summed E-state index contributed by atoms with van der Waals surface area (Å²) in [5.74, 6) is 0.277. The minimum absolute atomic E-state index is 0.0466. The lowest BCUT2D eigenvalue weighted by Crippen LogP contribution is -2.16. The fraction of sp³-hybridized carbons (Fsp3) is 0. The first-order valence-corrected chi connectivity index (χ1v) is 6.97. The second kappa shape index (κ2) is 6.14. The molecule has 0 unspecified atom stereocenters. The van der Waals surface area contributed by atoms with Crippen LogP contribution < -0.4 is 11.1 Å². The van der Waals surface area contributed by atoms with Crippen LogP contribution in [0.3, 0.4) is 0 Å². The van der Waals surface area contributed by atoms with Gasteiger partial charge in [-0.15, -0.1) is 10.2 Å². The van der Waals surface area contributed by atoms with Gasteiger partial charge in [0.25, 0.3) is 5.91 Å². The first-order chi connectivity index (χ1) is 10.7. The number of carbonyl (C=O) groups excluding carboxylic acids is 1. The number of aromatic nitrogens is 4. The Morgan fingerprint density at radius 3 is 2.91 bits per heavy atom. The molecule has 3 aromatic heterocycles. The van der Waals surface area contributed by atoms with E-state index in [2.05, 4.69) is 25.5 Å². The van der Waals surface area contributed by atoms with Crippen LogP contribution >= 0.6 is 11.3 Å². The van der Waals surface area contributed by atoms with Crippen molar-refractivity contribution in [2.75, 3.05) is 11.1 Å². The predicted molar refractivity (Wildman–Crippen MR) is 81.9 cm³/mol. The van der Waals surface area contributed by atoms with E-state index in [-0.39, 0.29) is 11.5 Å². The number of furan rings is 1. The van der Waals surface area contributed by atoms with E-state index in [9.17, 15) is 4.79 Å². The highest BCUT2D eigenvalue weighted by Gasteiger charge is 2.14. The molecule has 0 saturated heterocycles. The predicted octanol–water partition coefficient (Wildman–Crippen LogP) is 1.93. The highest BCUT2D eigenvalue weighted by Crippen LogP contribution is 2.19. The van der Waals surface area contributed by atoms with Gasteiger partial charge in [-0.1, -0.05) is 11.3 Å². The van der Waals surface area contributed by atoms with E-state index in [1.807, 2.05) is 6.07 Å². The molecule has 3 aromatic rings. The topological polar surface area (TPSA) is 120 Å². The number of nitrogens with zero attached hydrogens (tertiary/aromatic N) is 4. The van der Waals surface area contributed by atoms with E-state index in [0.29, 0.717) is 15.9 Å². The number of nitrogens with two attached hydrogens (primary N) is 1. The minimum atomic E-state index is -0.483. The Labute approximate surface area is 128 Å². The van der Waals surface area contributed by atoms with Gasteiger partial charge in [0.2, 0.25) is 5.13 Å². The molecule has 22 heavy (non-hydrogen) atoms. The summed E-state index contributed by atoms with van der Waals surface area (Å²) in [5.41, 5.74) is 5.64. The van der Waals surface area contributed by atoms with Crippen LogP contribution in [0.1, 0.15) is 21.3 Å². The van der Waals surface area contributed by atoms with Crippen LogP contribution in [0, 0.1) is 0 Å². The van der Waals surface area contributed by atoms with Crippen molar-refractivity contribution < 1.29 is 9.21 Å². The quantitative estimate of drug-likeness (QED) is 0.754. The molecule has 3 rings (SSSR count). The lowest BCUT2D eigenvalue weighted by Gasteiger charge is -2.01. The Balaban J connectivity index is 1.69. The van der Waals surface area contributed by atoms with Gasteiger partial charge in [-0.25, -0.2) is 9.97 Å². The fourth-order valence-corrected chi connectivity index (χ4v) is 2.21. The Hall–Kier alpha value is -3.07. The maximum atomic E-state index is 12.0. The molecule has 0 aliphatic rings. The average molecular weight is 314 g/mol. The lowest BCUT2D eigenvalue weighted by molar-refractivity contribution is 0.102. The van der Waals surface area contributed by atoms with Crippen LogP contribution in [0.25, 0.3) is 12.2 Å². The van der Waals surface area contributed by atoms with Crippen LogP contribution in [-0.4, -0.2) is 26.1 Å². The van der Waals surface area contributed by atoms with Crippen LogP contribution in [0.2, 0.25) is 0 Å². The summed E-state index contributed by atoms with van der Waals surface area (Å²) in [4.78, 5) is 19.7. The van der Waals surface area contributed by atoms with E-state index in [4.69, 9.17) is 10.2 Å². The Morgan fingerprint density at radius 1 is 1.27 bits per heavy atom. The molecule has 0 radical (unpaired) electrons. The number of hydrogen-bond acceptors (Lipinski definition) is 8. The van der Waals surface area contributed by atoms with Crippen LogP contribution in [0.4, 0.5) is 10.9 Å². The second-order valence-electron chi connectivity index (χ2n) is 4.04. The summed E-state index contributed by atoms with van der Waals surface area (Å²) >= 11 is 1.21. The molecule has 8 nitrogen and oxygen atoms in total. The van der Waals surface area contributed by atoms with Crippen molar-refractivity contribution in [2.45, 2.75) is 0 Å². The van der Waals surface area contributed by atoms with Gasteiger partial charge in [-0.3, -0.25) is 10.1 Å². The molecule has 3 heterocycles. The van der Waals surface area contributed by atoms with Gasteiger partial charge in [-0.05, 0) is 24.3 Å². The number of amides is 1. The van der Waals surface area contributed by atoms with Crippen molar-refractivity contribution >= 4 is 40.3 Å². The van der Waals surface area contributed by atoms with Gasteiger partial charge in [0.15, 0.2) is 11.5 Å². The normalized spacial score (nSPS) is 10.9. The standard InChI is InChI=1S/C13H10N6O2S/c14-11-10(15-5-6-16-11)12(20)17-13-19-18-9(22-13)4-3-8-2-1-7-21-8/h1-7H,(H2,14,16)(H,17,19,20)/b4-3+. The number of hydrogen-bond donors (Lipinski definition) is 2.